The molecule has 0 aliphatic carbocycles. The van der Waals surface area contributed by atoms with Gasteiger partial charge in [-0.2, -0.15) is 0 Å². The van der Waals surface area contributed by atoms with Crippen molar-refractivity contribution in [1.82, 2.24) is 10.6 Å². The summed E-state index contributed by atoms with van der Waals surface area (Å²) in [5.41, 5.74) is 0. The Morgan fingerprint density at radius 3 is 2.50 bits per heavy atom. The molecule has 7 nitrogen and oxygen atoms in total. The van der Waals surface area contributed by atoms with Crippen molar-refractivity contribution in [3.8, 4) is 0 Å². The Labute approximate surface area is 106 Å². The monoisotopic (exact) mass is 260 g/mol. The topological polar surface area (TPSA) is 105 Å². The van der Waals surface area contributed by atoms with Crippen LogP contribution in [0.3, 0.4) is 0 Å². The molecule has 0 saturated carbocycles. The van der Waals surface area contributed by atoms with Gasteiger partial charge in [0.1, 0.15) is 0 Å². The van der Waals surface area contributed by atoms with Crippen LogP contribution in [0.15, 0.2) is 0 Å². The van der Waals surface area contributed by atoms with Gasteiger partial charge in [0.15, 0.2) is 0 Å². The molecule has 0 aromatic heterocycles. The number of rotatable bonds is 9. The Balaban J connectivity index is 3.47. The summed E-state index contributed by atoms with van der Waals surface area (Å²) in [6.45, 7) is 3.40. The van der Waals surface area contributed by atoms with Crippen molar-refractivity contribution in [2.45, 2.75) is 32.6 Å². The molecular weight excluding hydrogens is 240 g/mol. The van der Waals surface area contributed by atoms with Crippen LogP contribution < -0.4 is 10.6 Å². The number of amides is 3. The fourth-order valence-corrected chi connectivity index (χ4v) is 1.04. The molecule has 104 valence electrons. The van der Waals surface area contributed by atoms with Crippen LogP contribution in [0.25, 0.3) is 0 Å². The number of carboxylic acid groups (broad SMARTS) is 1. The lowest BCUT2D eigenvalue weighted by molar-refractivity contribution is -0.138. The summed E-state index contributed by atoms with van der Waals surface area (Å²) in [5, 5.41) is 12.8. The number of nitrogens with one attached hydrogen (secondary N) is 2. The number of carbonyl (C=O) groups excluding carboxylic acids is 2. The van der Waals surface area contributed by atoms with Crippen LogP contribution in [-0.4, -0.2) is 42.8 Å². The first kappa shape index (κ1) is 16.4. The zero-order valence-corrected chi connectivity index (χ0v) is 10.5. The van der Waals surface area contributed by atoms with Gasteiger partial charge in [0.25, 0.3) is 0 Å². The second-order valence-corrected chi connectivity index (χ2v) is 3.66. The molecular formula is C11H20N2O5. The standard InChI is InChI=1S/C11H20N2O5/c1-2-3-7-18-8-6-12-11(17)13-9(14)4-5-10(15)16/h2-8H2,1H3,(H,15,16)(H2,12,13,14,17). The van der Waals surface area contributed by atoms with E-state index in [2.05, 4.69) is 12.2 Å². The van der Waals surface area contributed by atoms with Gasteiger partial charge in [-0.1, -0.05) is 13.3 Å². The largest absolute Gasteiger partial charge is 0.481 e. The van der Waals surface area contributed by atoms with E-state index < -0.39 is 17.9 Å². The third-order valence-corrected chi connectivity index (χ3v) is 1.99. The molecule has 3 N–H and O–H groups in total. The van der Waals surface area contributed by atoms with Crippen LogP contribution in [0, 0.1) is 0 Å². The highest BCUT2D eigenvalue weighted by Crippen LogP contribution is 1.88. The minimum atomic E-state index is -1.07. The van der Waals surface area contributed by atoms with Crippen molar-refractivity contribution in [1.29, 1.82) is 0 Å². The van der Waals surface area contributed by atoms with E-state index in [-0.39, 0.29) is 12.8 Å². The summed E-state index contributed by atoms with van der Waals surface area (Å²) in [6, 6.07) is -0.635. The third-order valence-electron chi connectivity index (χ3n) is 1.99. The molecule has 0 spiro atoms. The number of unbranched alkanes of at least 4 members (excludes halogenated alkanes) is 1. The first-order valence-electron chi connectivity index (χ1n) is 5.93. The fourth-order valence-electron chi connectivity index (χ4n) is 1.04. The van der Waals surface area contributed by atoms with Crippen LogP contribution in [0.2, 0.25) is 0 Å². The summed E-state index contributed by atoms with van der Waals surface area (Å²) in [5.74, 6) is -1.68. The Morgan fingerprint density at radius 1 is 1.17 bits per heavy atom. The lowest BCUT2D eigenvalue weighted by atomic mass is 10.3. The Bertz CT molecular complexity index is 281. The van der Waals surface area contributed by atoms with Crippen molar-refractivity contribution in [2.75, 3.05) is 19.8 Å². The van der Waals surface area contributed by atoms with E-state index in [0.717, 1.165) is 12.8 Å². The van der Waals surface area contributed by atoms with Crippen molar-refractivity contribution in [3.05, 3.63) is 0 Å². The second-order valence-electron chi connectivity index (χ2n) is 3.66. The first-order valence-corrected chi connectivity index (χ1v) is 5.93. The number of hydrogen-bond acceptors (Lipinski definition) is 4. The molecule has 0 saturated heterocycles. The molecule has 0 bridgehead atoms. The van der Waals surface area contributed by atoms with E-state index in [9.17, 15) is 14.4 Å². The summed E-state index contributed by atoms with van der Waals surface area (Å²) < 4.78 is 5.20. The van der Waals surface area contributed by atoms with Crippen molar-refractivity contribution >= 4 is 17.9 Å². The highest BCUT2D eigenvalue weighted by atomic mass is 16.5. The van der Waals surface area contributed by atoms with Gasteiger partial charge in [-0.3, -0.25) is 14.9 Å². The van der Waals surface area contributed by atoms with E-state index in [0.29, 0.717) is 19.8 Å². The molecule has 0 heterocycles. The van der Waals surface area contributed by atoms with E-state index >= 15 is 0 Å². The van der Waals surface area contributed by atoms with Crippen LogP contribution in [0.5, 0.6) is 0 Å². The Morgan fingerprint density at radius 2 is 1.89 bits per heavy atom. The van der Waals surface area contributed by atoms with Gasteiger partial charge in [-0.15, -0.1) is 0 Å². The van der Waals surface area contributed by atoms with Crippen molar-refractivity contribution < 1.29 is 24.2 Å². The molecule has 0 aromatic rings. The quantitative estimate of drug-likeness (QED) is 0.523. The number of carboxylic acids is 1. The van der Waals surface area contributed by atoms with Gasteiger partial charge in [-0.05, 0) is 6.42 Å². The Hall–Kier alpha value is -1.63. The fraction of sp³-hybridized carbons (Fsp3) is 0.727. The maximum atomic E-state index is 11.1. The number of imide groups is 1. The maximum Gasteiger partial charge on any atom is 0.321 e. The molecule has 0 fully saturated rings. The van der Waals surface area contributed by atoms with E-state index in [1.807, 2.05) is 5.32 Å². The number of hydrogen-bond donors (Lipinski definition) is 3. The molecule has 0 rings (SSSR count). The number of urea groups is 1. The highest BCUT2D eigenvalue weighted by molar-refractivity contribution is 5.95. The minimum absolute atomic E-state index is 0.213. The lowest BCUT2D eigenvalue weighted by Gasteiger charge is -2.06. The van der Waals surface area contributed by atoms with E-state index in [4.69, 9.17) is 9.84 Å². The average Bonchev–Trinajstić information content (AvgIpc) is 2.31. The van der Waals surface area contributed by atoms with Crippen LogP contribution in [-0.2, 0) is 14.3 Å². The zero-order valence-electron chi connectivity index (χ0n) is 10.5. The van der Waals surface area contributed by atoms with Gasteiger partial charge in [0.2, 0.25) is 5.91 Å². The summed E-state index contributed by atoms with van der Waals surface area (Å²) >= 11 is 0. The van der Waals surface area contributed by atoms with Gasteiger partial charge >= 0.3 is 12.0 Å². The number of carbonyl (C=O) groups is 3. The van der Waals surface area contributed by atoms with Crippen LogP contribution in [0.1, 0.15) is 32.6 Å². The molecule has 3 amide bonds. The number of aliphatic carboxylic acids is 1. The molecule has 0 radical (unpaired) electrons. The average molecular weight is 260 g/mol. The van der Waals surface area contributed by atoms with E-state index in [1.165, 1.54) is 0 Å². The molecule has 18 heavy (non-hydrogen) atoms. The van der Waals surface area contributed by atoms with Gasteiger partial charge < -0.3 is 15.2 Å². The second kappa shape index (κ2) is 10.5. The molecule has 0 unspecified atom stereocenters. The maximum absolute atomic E-state index is 11.1. The summed E-state index contributed by atoms with van der Waals surface area (Å²) in [6.07, 6.45) is 1.51. The zero-order chi connectivity index (χ0) is 13.8. The van der Waals surface area contributed by atoms with Crippen LogP contribution >= 0.6 is 0 Å². The normalized spacial score (nSPS) is 9.83. The first-order chi connectivity index (χ1) is 8.56. The number of ether oxygens (including phenoxy) is 1. The van der Waals surface area contributed by atoms with E-state index in [1.54, 1.807) is 0 Å². The predicted octanol–water partition coefficient (Wildman–Crippen LogP) is 0.494. The summed E-state index contributed by atoms with van der Waals surface area (Å²) in [7, 11) is 0. The smallest absolute Gasteiger partial charge is 0.321 e. The SMILES string of the molecule is CCCCOCCNC(=O)NC(=O)CCC(=O)O. The van der Waals surface area contributed by atoms with Crippen molar-refractivity contribution in [3.63, 3.8) is 0 Å². The predicted molar refractivity (Wildman–Crippen MR) is 64.1 cm³/mol. The van der Waals surface area contributed by atoms with Gasteiger partial charge in [0.05, 0.1) is 13.0 Å². The minimum Gasteiger partial charge on any atom is -0.481 e. The molecule has 0 aliphatic heterocycles. The van der Waals surface area contributed by atoms with Crippen LogP contribution in [0.4, 0.5) is 4.79 Å². The third kappa shape index (κ3) is 10.9. The molecule has 0 aliphatic rings. The molecule has 7 heteroatoms. The van der Waals surface area contributed by atoms with Crippen molar-refractivity contribution in [2.24, 2.45) is 0 Å². The Kier molecular flexibility index (Phi) is 9.57. The highest BCUT2D eigenvalue weighted by Gasteiger charge is 2.08. The molecule has 0 atom stereocenters. The summed E-state index contributed by atoms with van der Waals surface area (Å²) in [4.78, 5) is 32.4. The van der Waals surface area contributed by atoms with Gasteiger partial charge in [-0.25, -0.2) is 4.79 Å². The molecule has 0 aromatic carbocycles. The lowest BCUT2D eigenvalue weighted by Crippen LogP contribution is -2.40. The van der Waals surface area contributed by atoms with Gasteiger partial charge in [0, 0.05) is 19.6 Å².